The fourth-order valence-electron chi connectivity index (χ4n) is 0.828. The third-order valence-corrected chi connectivity index (χ3v) is 1.50. The van der Waals surface area contributed by atoms with Crippen LogP contribution in [0.4, 0.5) is 0 Å². The second-order valence-electron chi connectivity index (χ2n) is 2.11. The lowest BCUT2D eigenvalue weighted by molar-refractivity contribution is 0.312. The van der Waals surface area contributed by atoms with Crippen LogP contribution in [-0.4, -0.2) is 19.6 Å². The Labute approximate surface area is 77.1 Å². The van der Waals surface area contributed by atoms with Gasteiger partial charge in [-0.25, -0.2) is 0 Å². The molecule has 0 spiro atoms. The largest absolute Gasteiger partial charge is 0.493 e. The minimum atomic E-state index is 0.474. The van der Waals surface area contributed by atoms with Gasteiger partial charge in [-0.15, -0.1) is 11.6 Å². The van der Waals surface area contributed by atoms with E-state index >= 15 is 0 Å². The van der Waals surface area contributed by atoms with Crippen molar-refractivity contribution in [1.29, 1.82) is 0 Å². The Balaban J connectivity index is 2.68. The molecule has 65 valence electrons. The number of hydrogen-bond acceptors (Lipinski definition) is 2. The molecule has 1 aromatic carbocycles. The van der Waals surface area contributed by atoms with E-state index in [1.165, 1.54) is 0 Å². The average molecular weight is 186 g/mol. The fraction of sp³-hybridized carbons (Fsp3) is 0.333. The van der Waals surface area contributed by atoms with E-state index in [2.05, 4.69) is 6.07 Å². The quantitative estimate of drug-likeness (QED) is 0.669. The smallest absolute Gasteiger partial charge is 0.161 e. The molecule has 12 heavy (non-hydrogen) atoms. The second-order valence-corrected chi connectivity index (χ2v) is 2.49. The van der Waals surface area contributed by atoms with Gasteiger partial charge in [0.15, 0.2) is 11.5 Å². The van der Waals surface area contributed by atoms with Gasteiger partial charge in [0.2, 0.25) is 0 Å². The van der Waals surface area contributed by atoms with Crippen LogP contribution in [0.15, 0.2) is 18.2 Å². The summed E-state index contributed by atoms with van der Waals surface area (Å²) in [6.07, 6.45) is 0. The Kier molecular flexibility index (Phi) is 3.74. The lowest BCUT2D eigenvalue weighted by atomic mass is 10.3. The fourth-order valence-corrected chi connectivity index (χ4v) is 0.905. The van der Waals surface area contributed by atoms with E-state index in [0.717, 1.165) is 0 Å². The lowest BCUT2D eigenvalue weighted by Gasteiger charge is -2.07. The highest BCUT2D eigenvalue weighted by molar-refractivity contribution is 6.18. The first-order valence-corrected chi connectivity index (χ1v) is 4.14. The molecule has 0 fully saturated rings. The molecule has 0 aromatic heterocycles. The standard InChI is InChI=1S/C9H10ClO2/c1-11-8-4-2-3-5-9(8)12-7-6-10/h3-5H,6-7H2,1H3. The zero-order valence-corrected chi connectivity index (χ0v) is 7.60. The molecule has 0 atom stereocenters. The normalized spacial score (nSPS) is 9.50. The van der Waals surface area contributed by atoms with Crippen LogP contribution in [0.1, 0.15) is 0 Å². The molecule has 0 saturated carbocycles. The first kappa shape index (κ1) is 9.20. The van der Waals surface area contributed by atoms with Crippen molar-refractivity contribution in [3.63, 3.8) is 0 Å². The summed E-state index contributed by atoms with van der Waals surface area (Å²) in [5.41, 5.74) is 0. The van der Waals surface area contributed by atoms with E-state index in [1.807, 2.05) is 0 Å². The summed E-state index contributed by atoms with van der Waals surface area (Å²) < 4.78 is 10.3. The van der Waals surface area contributed by atoms with Gasteiger partial charge >= 0.3 is 0 Å². The van der Waals surface area contributed by atoms with Gasteiger partial charge in [0.1, 0.15) is 6.61 Å². The van der Waals surface area contributed by atoms with E-state index in [-0.39, 0.29) is 0 Å². The van der Waals surface area contributed by atoms with Crippen LogP contribution in [0.25, 0.3) is 0 Å². The number of halogens is 1. The molecule has 0 aliphatic heterocycles. The molecule has 1 radical (unpaired) electrons. The third kappa shape index (κ3) is 2.31. The summed E-state index contributed by atoms with van der Waals surface area (Å²) >= 11 is 5.47. The van der Waals surface area contributed by atoms with Crippen molar-refractivity contribution < 1.29 is 9.47 Å². The molecule has 3 heteroatoms. The topological polar surface area (TPSA) is 18.5 Å². The zero-order chi connectivity index (χ0) is 8.81. The number of methoxy groups -OCH3 is 1. The Bertz CT molecular complexity index is 238. The molecule has 0 aliphatic rings. The first-order chi connectivity index (χ1) is 5.88. The van der Waals surface area contributed by atoms with E-state index < -0.39 is 0 Å². The van der Waals surface area contributed by atoms with E-state index in [9.17, 15) is 0 Å². The van der Waals surface area contributed by atoms with Crippen molar-refractivity contribution in [2.45, 2.75) is 0 Å². The highest BCUT2D eigenvalue weighted by Gasteiger charge is 2.00. The van der Waals surface area contributed by atoms with Crippen LogP contribution in [0.2, 0.25) is 0 Å². The summed E-state index contributed by atoms with van der Waals surface area (Å²) in [5, 5.41) is 0. The summed E-state index contributed by atoms with van der Waals surface area (Å²) in [7, 11) is 1.59. The molecular formula is C9H10ClO2. The van der Waals surface area contributed by atoms with Crippen LogP contribution in [-0.2, 0) is 0 Å². The summed E-state index contributed by atoms with van der Waals surface area (Å²) in [6.45, 7) is 0.488. The summed E-state index contributed by atoms with van der Waals surface area (Å²) in [5.74, 6) is 1.86. The Hall–Kier alpha value is -0.890. The molecule has 0 amide bonds. The highest BCUT2D eigenvalue weighted by Crippen LogP contribution is 2.25. The van der Waals surface area contributed by atoms with Crippen molar-refractivity contribution in [3.8, 4) is 11.5 Å². The molecule has 0 saturated heterocycles. The van der Waals surface area contributed by atoms with E-state index in [4.69, 9.17) is 21.1 Å². The Morgan fingerprint density at radius 2 is 2.33 bits per heavy atom. The van der Waals surface area contributed by atoms with Crippen LogP contribution in [0.3, 0.4) is 0 Å². The van der Waals surface area contributed by atoms with Crippen molar-refractivity contribution in [1.82, 2.24) is 0 Å². The van der Waals surface area contributed by atoms with Gasteiger partial charge < -0.3 is 9.47 Å². The molecule has 0 N–H and O–H groups in total. The number of benzene rings is 1. The Morgan fingerprint density at radius 1 is 1.50 bits per heavy atom. The monoisotopic (exact) mass is 185 g/mol. The molecule has 1 rings (SSSR count). The third-order valence-electron chi connectivity index (χ3n) is 1.34. The molecule has 0 unspecified atom stereocenters. The number of ether oxygens (including phenoxy) is 2. The maximum absolute atomic E-state index is 5.47. The number of alkyl halides is 1. The van der Waals surface area contributed by atoms with Gasteiger partial charge in [0.25, 0.3) is 0 Å². The molecule has 2 nitrogen and oxygen atoms in total. The van der Waals surface area contributed by atoms with Gasteiger partial charge in [-0.2, -0.15) is 0 Å². The predicted octanol–water partition coefficient (Wildman–Crippen LogP) is 2.11. The van der Waals surface area contributed by atoms with Gasteiger partial charge in [0, 0.05) is 0 Å². The second kappa shape index (κ2) is 4.88. The maximum Gasteiger partial charge on any atom is 0.161 e. The minimum absolute atomic E-state index is 0.474. The SMILES string of the molecule is COc1c[c]ccc1OCCCl. The van der Waals surface area contributed by atoms with Gasteiger partial charge in [-0.05, 0) is 18.2 Å². The van der Waals surface area contributed by atoms with Gasteiger partial charge in [-0.1, -0.05) is 6.07 Å². The first-order valence-electron chi connectivity index (χ1n) is 3.61. The number of rotatable bonds is 4. The van der Waals surface area contributed by atoms with E-state index in [1.54, 1.807) is 25.3 Å². The Morgan fingerprint density at radius 3 is 3.00 bits per heavy atom. The summed E-state index contributed by atoms with van der Waals surface area (Å²) in [4.78, 5) is 0. The molecule has 0 heterocycles. The van der Waals surface area contributed by atoms with Crippen LogP contribution in [0.5, 0.6) is 11.5 Å². The zero-order valence-electron chi connectivity index (χ0n) is 6.84. The predicted molar refractivity (Wildman–Crippen MR) is 48.0 cm³/mol. The van der Waals surface area contributed by atoms with Crippen molar-refractivity contribution in [2.75, 3.05) is 19.6 Å². The van der Waals surface area contributed by atoms with Gasteiger partial charge in [-0.3, -0.25) is 0 Å². The maximum atomic E-state index is 5.47. The van der Waals surface area contributed by atoms with Gasteiger partial charge in [0.05, 0.1) is 13.0 Å². The van der Waals surface area contributed by atoms with Crippen LogP contribution >= 0.6 is 11.6 Å². The van der Waals surface area contributed by atoms with E-state index in [0.29, 0.717) is 24.0 Å². The summed E-state index contributed by atoms with van der Waals surface area (Å²) in [6, 6.07) is 8.18. The average Bonchev–Trinajstić information content (AvgIpc) is 2.15. The molecule has 0 bridgehead atoms. The van der Waals surface area contributed by atoms with Crippen molar-refractivity contribution in [3.05, 3.63) is 24.3 Å². The van der Waals surface area contributed by atoms with Crippen molar-refractivity contribution in [2.24, 2.45) is 0 Å². The molecular weight excluding hydrogens is 176 g/mol. The molecule has 1 aromatic rings. The van der Waals surface area contributed by atoms with Crippen LogP contribution in [0, 0.1) is 6.07 Å². The molecule has 0 aliphatic carbocycles. The highest BCUT2D eigenvalue weighted by atomic mass is 35.5. The minimum Gasteiger partial charge on any atom is -0.493 e. The number of hydrogen-bond donors (Lipinski definition) is 0. The van der Waals surface area contributed by atoms with Crippen molar-refractivity contribution >= 4 is 11.6 Å². The van der Waals surface area contributed by atoms with Crippen LogP contribution < -0.4 is 9.47 Å². The lowest BCUT2D eigenvalue weighted by Crippen LogP contribution is -1.99.